The molecular weight excluding hydrogens is 264 g/mol. The number of piperidine rings is 1. The quantitative estimate of drug-likeness (QED) is 0.926. The summed E-state index contributed by atoms with van der Waals surface area (Å²) < 4.78 is 5.98. The van der Waals surface area contributed by atoms with Crippen LogP contribution in [0.2, 0.25) is 0 Å². The zero-order valence-corrected chi connectivity index (χ0v) is 13.2. The molecule has 0 saturated carbocycles. The lowest BCUT2D eigenvalue weighted by Gasteiger charge is -2.34. The van der Waals surface area contributed by atoms with Crippen LogP contribution in [-0.4, -0.2) is 36.0 Å². The molecule has 1 fully saturated rings. The molecule has 2 unspecified atom stereocenters. The topological polar surface area (TPSA) is 55.6 Å². The Labute approximate surface area is 127 Å². The van der Waals surface area contributed by atoms with Gasteiger partial charge >= 0.3 is 0 Å². The Bertz CT molecular complexity index is 462. The van der Waals surface area contributed by atoms with Crippen molar-refractivity contribution in [3.8, 4) is 5.75 Å². The molecule has 21 heavy (non-hydrogen) atoms. The fourth-order valence-corrected chi connectivity index (χ4v) is 2.52. The van der Waals surface area contributed by atoms with E-state index in [1.54, 1.807) is 0 Å². The number of aryl methyl sites for hydroxylation is 1. The number of hydrogen-bond donors (Lipinski definition) is 1. The molecule has 1 aliphatic heterocycles. The van der Waals surface area contributed by atoms with Crippen LogP contribution in [0.5, 0.6) is 5.75 Å². The number of amides is 1. The maximum absolute atomic E-state index is 12.2. The minimum atomic E-state index is -0.112. The lowest BCUT2D eigenvalue weighted by molar-refractivity contribution is -0.137. The molecule has 1 amide bonds. The van der Waals surface area contributed by atoms with E-state index in [1.165, 1.54) is 5.56 Å². The van der Waals surface area contributed by atoms with Gasteiger partial charge in [0, 0.05) is 32.0 Å². The highest BCUT2D eigenvalue weighted by Crippen LogP contribution is 2.20. The highest BCUT2D eigenvalue weighted by molar-refractivity contribution is 5.79. The Balaban J connectivity index is 1.83. The van der Waals surface area contributed by atoms with Crippen molar-refractivity contribution < 1.29 is 9.53 Å². The van der Waals surface area contributed by atoms with Crippen LogP contribution in [0, 0.1) is 12.8 Å². The number of carbonyl (C=O) groups excluding carboxylic acids is 1. The van der Waals surface area contributed by atoms with Crippen molar-refractivity contribution in [2.45, 2.75) is 45.8 Å². The van der Waals surface area contributed by atoms with Gasteiger partial charge in [-0.1, -0.05) is 24.6 Å². The average Bonchev–Trinajstić information content (AvgIpc) is 2.49. The van der Waals surface area contributed by atoms with Gasteiger partial charge in [0.25, 0.3) is 0 Å². The Morgan fingerprint density at radius 1 is 1.24 bits per heavy atom. The molecule has 1 saturated heterocycles. The molecule has 2 rings (SSSR count). The number of hydrogen-bond acceptors (Lipinski definition) is 3. The number of likely N-dealkylation sites (tertiary alicyclic amines) is 1. The van der Waals surface area contributed by atoms with Crippen molar-refractivity contribution in [1.82, 2.24) is 4.90 Å². The van der Waals surface area contributed by atoms with E-state index in [1.807, 2.05) is 30.9 Å². The van der Waals surface area contributed by atoms with Gasteiger partial charge in [0.15, 0.2) is 0 Å². The normalized spacial score (nSPS) is 19.1. The van der Waals surface area contributed by atoms with Crippen LogP contribution in [0.3, 0.4) is 0 Å². The molecule has 116 valence electrons. The van der Waals surface area contributed by atoms with Gasteiger partial charge < -0.3 is 15.4 Å². The second kappa shape index (κ2) is 6.94. The largest absolute Gasteiger partial charge is 0.490 e. The zero-order chi connectivity index (χ0) is 15.4. The molecule has 0 bridgehead atoms. The van der Waals surface area contributed by atoms with E-state index in [0.29, 0.717) is 0 Å². The van der Waals surface area contributed by atoms with E-state index in [-0.39, 0.29) is 24.0 Å². The molecule has 0 spiro atoms. The summed E-state index contributed by atoms with van der Waals surface area (Å²) >= 11 is 0. The van der Waals surface area contributed by atoms with Gasteiger partial charge in [-0.3, -0.25) is 4.79 Å². The second-order valence-corrected chi connectivity index (χ2v) is 6.10. The third-order valence-electron chi connectivity index (χ3n) is 4.26. The molecule has 1 aromatic carbocycles. The second-order valence-electron chi connectivity index (χ2n) is 6.10. The molecule has 4 nitrogen and oxygen atoms in total. The van der Waals surface area contributed by atoms with E-state index >= 15 is 0 Å². The maximum Gasteiger partial charge on any atom is 0.226 e. The molecule has 4 heteroatoms. The summed E-state index contributed by atoms with van der Waals surface area (Å²) in [6.07, 6.45) is 1.96. The molecule has 2 N–H and O–H groups in total. The minimum Gasteiger partial charge on any atom is -0.490 e. The summed E-state index contributed by atoms with van der Waals surface area (Å²) in [6, 6.07) is 8.02. The Kier molecular flexibility index (Phi) is 5.23. The Morgan fingerprint density at radius 2 is 1.81 bits per heavy atom. The lowest BCUT2D eigenvalue weighted by atomic mass is 10.00. The van der Waals surface area contributed by atoms with Crippen molar-refractivity contribution in [1.29, 1.82) is 0 Å². The highest BCUT2D eigenvalue weighted by atomic mass is 16.5. The molecule has 0 aliphatic carbocycles. The van der Waals surface area contributed by atoms with E-state index in [2.05, 4.69) is 19.1 Å². The molecule has 0 aromatic heterocycles. The van der Waals surface area contributed by atoms with Crippen LogP contribution in [0.4, 0.5) is 0 Å². The summed E-state index contributed by atoms with van der Waals surface area (Å²) in [5, 5.41) is 0. The zero-order valence-electron chi connectivity index (χ0n) is 13.2. The fraction of sp³-hybridized carbons (Fsp3) is 0.588. The van der Waals surface area contributed by atoms with Gasteiger partial charge in [0.2, 0.25) is 5.91 Å². The molecular formula is C17H26N2O2. The highest BCUT2D eigenvalue weighted by Gasteiger charge is 2.28. The van der Waals surface area contributed by atoms with Crippen LogP contribution >= 0.6 is 0 Å². The third kappa shape index (κ3) is 4.21. The molecule has 1 aliphatic rings. The van der Waals surface area contributed by atoms with Crippen LogP contribution in [0.25, 0.3) is 0 Å². The predicted molar refractivity (Wildman–Crippen MR) is 84.2 cm³/mol. The molecule has 1 aromatic rings. The van der Waals surface area contributed by atoms with Crippen LogP contribution < -0.4 is 10.5 Å². The summed E-state index contributed by atoms with van der Waals surface area (Å²) in [7, 11) is 0. The predicted octanol–water partition coefficient (Wildman–Crippen LogP) is 2.35. The smallest absolute Gasteiger partial charge is 0.226 e. The number of nitrogens with two attached hydrogens (primary N) is 1. The van der Waals surface area contributed by atoms with Crippen molar-refractivity contribution in [3.05, 3.63) is 29.8 Å². The molecule has 2 atom stereocenters. The number of rotatable bonds is 4. The van der Waals surface area contributed by atoms with E-state index in [4.69, 9.17) is 10.5 Å². The Morgan fingerprint density at radius 3 is 2.33 bits per heavy atom. The van der Waals surface area contributed by atoms with Gasteiger partial charge in [-0.15, -0.1) is 0 Å². The number of benzene rings is 1. The van der Waals surface area contributed by atoms with E-state index < -0.39 is 0 Å². The van der Waals surface area contributed by atoms with Crippen molar-refractivity contribution >= 4 is 5.91 Å². The van der Waals surface area contributed by atoms with Crippen molar-refractivity contribution in [3.63, 3.8) is 0 Å². The Hall–Kier alpha value is -1.55. The first-order chi connectivity index (χ1) is 9.97. The minimum absolute atomic E-state index is 0.0981. The van der Waals surface area contributed by atoms with Gasteiger partial charge in [-0.25, -0.2) is 0 Å². The molecule has 0 radical (unpaired) electrons. The van der Waals surface area contributed by atoms with Gasteiger partial charge in [0.05, 0.1) is 5.92 Å². The van der Waals surface area contributed by atoms with Gasteiger partial charge in [-0.2, -0.15) is 0 Å². The summed E-state index contributed by atoms with van der Waals surface area (Å²) in [5.74, 6) is 0.965. The maximum atomic E-state index is 12.2. The van der Waals surface area contributed by atoms with Crippen LogP contribution in [-0.2, 0) is 4.79 Å². The monoisotopic (exact) mass is 290 g/mol. The SMILES string of the molecule is Cc1ccc(OC2CCN(C(=O)C(C)C(C)N)CC2)cc1. The first-order valence-electron chi connectivity index (χ1n) is 7.75. The van der Waals surface area contributed by atoms with E-state index in [9.17, 15) is 4.79 Å². The van der Waals surface area contributed by atoms with Crippen LogP contribution in [0.15, 0.2) is 24.3 Å². The molecule has 1 heterocycles. The van der Waals surface area contributed by atoms with Gasteiger partial charge in [0.1, 0.15) is 11.9 Å². The average molecular weight is 290 g/mol. The van der Waals surface area contributed by atoms with E-state index in [0.717, 1.165) is 31.7 Å². The number of nitrogens with zero attached hydrogens (tertiary/aromatic N) is 1. The van der Waals surface area contributed by atoms with Crippen LogP contribution in [0.1, 0.15) is 32.3 Å². The third-order valence-corrected chi connectivity index (χ3v) is 4.26. The summed E-state index contributed by atoms with van der Waals surface area (Å²) in [5.41, 5.74) is 7.04. The summed E-state index contributed by atoms with van der Waals surface area (Å²) in [6.45, 7) is 7.37. The first-order valence-corrected chi connectivity index (χ1v) is 7.75. The van der Waals surface area contributed by atoms with Gasteiger partial charge in [-0.05, 0) is 26.0 Å². The van der Waals surface area contributed by atoms with Crippen molar-refractivity contribution in [2.75, 3.05) is 13.1 Å². The lowest BCUT2D eigenvalue weighted by Crippen LogP contribution is -2.47. The number of carbonyl (C=O) groups is 1. The standard InChI is InChI=1S/C17H26N2O2/c1-12-4-6-15(7-5-12)21-16-8-10-19(11-9-16)17(20)13(2)14(3)18/h4-7,13-14,16H,8-11,18H2,1-3H3. The number of ether oxygens (including phenoxy) is 1. The van der Waals surface area contributed by atoms with Crippen molar-refractivity contribution in [2.24, 2.45) is 11.7 Å². The fourth-order valence-electron chi connectivity index (χ4n) is 2.52. The first kappa shape index (κ1) is 15.8. The summed E-state index contributed by atoms with van der Waals surface area (Å²) in [4.78, 5) is 14.2.